The molecule has 10 heteroatoms. The third-order valence-corrected chi connectivity index (χ3v) is 5.66. The van der Waals surface area contributed by atoms with Crippen LogP contribution < -0.4 is 20.8 Å². The van der Waals surface area contributed by atoms with Gasteiger partial charge < -0.3 is 15.4 Å². The van der Waals surface area contributed by atoms with Crippen LogP contribution in [0.5, 0.6) is 5.75 Å². The van der Waals surface area contributed by atoms with Gasteiger partial charge in [0, 0.05) is 12.1 Å². The zero-order valence-corrected chi connectivity index (χ0v) is 16.6. The van der Waals surface area contributed by atoms with Gasteiger partial charge in [0.15, 0.2) is 5.50 Å². The van der Waals surface area contributed by atoms with Gasteiger partial charge in [-0.2, -0.15) is 18.3 Å². The predicted molar refractivity (Wildman–Crippen MR) is 108 cm³/mol. The second-order valence-electron chi connectivity index (χ2n) is 6.83. The Morgan fingerprint density at radius 1 is 1.20 bits per heavy atom. The molecule has 1 unspecified atom stereocenters. The molecule has 0 bridgehead atoms. The Morgan fingerprint density at radius 2 is 2.00 bits per heavy atom. The van der Waals surface area contributed by atoms with Crippen LogP contribution in [-0.2, 0) is 19.1 Å². The molecule has 2 heterocycles. The molecular formula is C20H19F3N4O2S. The summed E-state index contributed by atoms with van der Waals surface area (Å²) in [5.74, 6) is 0.101. The smallest absolute Gasteiger partial charge is 0.416 e. The monoisotopic (exact) mass is 436 g/mol. The van der Waals surface area contributed by atoms with Crippen LogP contribution in [0.3, 0.4) is 0 Å². The SMILES string of the molecule is O=C(NC1NN=C(COc2ccc(C(F)(F)F)cc2)S1)c1ccc2c(c1)CCNC2. The highest BCUT2D eigenvalue weighted by atomic mass is 32.2. The first-order valence-corrected chi connectivity index (χ1v) is 10.2. The van der Waals surface area contributed by atoms with Crippen LogP contribution in [0, 0.1) is 0 Å². The maximum absolute atomic E-state index is 12.6. The number of hydrogen-bond donors (Lipinski definition) is 3. The van der Waals surface area contributed by atoms with Crippen LogP contribution in [-0.4, -0.2) is 29.6 Å². The summed E-state index contributed by atoms with van der Waals surface area (Å²) in [5, 5.41) is 10.8. The number of carbonyl (C=O) groups excluding carboxylic acids is 1. The lowest BCUT2D eigenvalue weighted by Gasteiger charge is -2.18. The van der Waals surface area contributed by atoms with E-state index in [1.165, 1.54) is 35.0 Å². The molecule has 2 aromatic rings. The minimum atomic E-state index is -4.38. The predicted octanol–water partition coefficient (Wildman–Crippen LogP) is 3.09. The van der Waals surface area contributed by atoms with Gasteiger partial charge in [-0.3, -0.25) is 10.2 Å². The molecule has 2 aliphatic rings. The highest BCUT2D eigenvalue weighted by Gasteiger charge is 2.30. The second-order valence-corrected chi connectivity index (χ2v) is 8.01. The van der Waals surface area contributed by atoms with Crippen molar-refractivity contribution >= 4 is 22.7 Å². The van der Waals surface area contributed by atoms with Crippen molar-refractivity contribution in [1.82, 2.24) is 16.1 Å². The topological polar surface area (TPSA) is 74.8 Å². The summed E-state index contributed by atoms with van der Waals surface area (Å²) in [4.78, 5) is 12.5. The second kappa shape index (κ2) is 8.57. The van der Waals surface area contributed by atoms with E-state index in [1.54, 1.807) is 6.07 Å². The number of hydrogen-bond acceptors (Lipinski definition) is 6. The lowest BCUT2D eigenvalue weighted by Crippen LogP contribution is -2.38. The minimum Gasteiger partial charge on any atom is -0.487 e. The molecule has 30 heavy (non-hydrogen) atoms. The number of fused-ring (bicyclic) bond motifs is 1. The molecule has 0 fully saturated rings. The van der Waals surface area contributed by atoms with Crippen LogP contribution in [0.15, 0.2) is 47.6 Å². The third-order valence-electron chi connectivity index (χ3n) is 4.72. The number of hydrazone groups is 1. The van der Waals surface area contributed by atoms with Gasteiger partial charge in [0.2, 0.25) is 0 Å². The van der Waals surface area contributed by atoms with Gasteiger partial charge in [-0.05, 0) is 60.5 Å². The summed E-state index contributed by atoms with van der Waals surface area (Å²) >= 11 is 1.28. The van der Waals surface area contributed by atoms with E-state index >= 15 is 0 Å². The fourth-order valence-corrected chi connectivity index (χ4v) is 3.93. The largest absolute Gasteiger partial charge is 0.487 e. The van der Waals surface area contributed by atoms with Crippen molar-refractivity contribution in [2.45, 2.75) is 24.6 Å². The van der Waals surface area contributed by atoms with Crippen LogP contribution in [0.4, 0.5) is 13.2 Å². The number of carbonyl (C=O) groups is 1. The van der Waals surface area contributed by atoms with E-state index in [9.17, 15) is 18.0 Å². The average molecular weight is 436 g/mol. The highest BCUT2D eigenvalue weighted by Crippen LogP contribution is 2.30. The lowest BCUT2D eigenvalue weighted by molar-refractivity contribution is -0.137. The maximum atomic E-state index is 12.6. The fraction of sp³-hybridized carbons (Fsp3) is 0.300. The zero-order valence-electron chi connectivity index (χ0n) is 15.8. The van der Waals surface area contributed by atoms with Gasteiger partial charge in [0.1, 0.15) is 17.4 Å². The van der Waals surface area contributed by atoms with Crippen molar-refractivity contribution < 1.29 is 22.7 Å². The molecule has 4 rings (SSSR count). The quantitative estimate of drug-likeness (QED) is 0.672. The summed E-state index contributed by atoms with van der Waals surface area (Å²) in [6.07, 6.45) is -3.49. The van der Waals surface area contributed by atoms with E-state index in [4.69, 9.17) is 4.74 Å². The first kappa shape index (κ1) is 20.5. The Kier molecular flexibility index (Phi) is 5.87. The van der Waals surface area contributed by atoms with E-state index in [2.05, 4.69) is 21.2 Å². The van der Waals surface area contributed by atoms with Gasteiger partial charge in [-0.1, -0.05) is 17.8 Å². The van der Waals surface area contributed by atoms with Crippen LogP contribution in [0.25, 0.3) is 0 Å². The Bertz CT molecular complexity index is 964. The number of amides is 1. The fourth-order valence-electron chi connectivity index (χ4n) is 3.15. The summed E-state index contributed by atoms with van der Waals surface area (Å²) in [6.45, 7) is 1.79. The van der Waals surface area contributed by atoms with Crippen molar-refractivity contribution in [2.24, 2.45) is 5.10 Å². The van der Waals surface area contributed by atoms with Gasteiger partial charge in [-0.25, -0.2) is 0 Å². The molecule has 0 spiro atoms. The van der Waals surface area contributed by atoms with Crippen LogP contribution in [0.1, 0.15) is 27.0 Å². The van der Waals surface area contributed by atoms with E-state index in [1.807, 2.05) is 12.1 Å². The molecule has 6 nitrogen and oxygen atoms in total. The first-order valence-electron chi connectivity index (χ1n) is 9.31. The van der Waals surface area contributed by atoms with E-state index in [0.717, 1.165) is 31.6 Å². The number of rotatable bonds is 5. The van der Waals surface area contributed by atoms with E-state index in [0.29, 0.717) is 16.4 Å². The van der Waals surface area contributed by atoms with Crippen molar-refractivity contribution in [1.29, 1.82) is 0 Å². The van der Waals surface area contributed by atoms with Gasteiger partial charge in [-0.15, -0.1) is 0 Å². The zero-order chi connectivity index (χ0) is 21.1. The first-order chi connectivity index (χ1) is 14.4. The molecule has 2 aromatic carbocycles. The molecule has 0 radical (unpaired) electrons. The van der Waals surface area contributed by atoms with Crippen molar-refractivity contribution in [2.75, 3.05) is 13.2 Å². The third kappa shape index (κ3) is 4.88. The number of ether oxygens (including phenoxy) is 1. The van der Waals surface area contributed by atoms with E-state index in [-0.39, 0.29) is 12.5 Å². The Labute approximate surface area is 175 Å². The summed E-state index contributed by atoms with van der Waals surface area (Å²) in [6, 6.07) is 10.1. The number of nitrogens with zero attached hydrogens (tertiary/aromatic N) is 1. The summed E-state index contributed by atoms with van der Waals surface area (Å²) < 4.78 is 43.3. The maximum Gasteiger partial charge on any atom is 0.416 e. The summed E-state index contributed by atoms with van der Waals surface area (Å²) in [7, 11) is 0. The number of thioether (sulfide) groups is 1. The molecule has 0 saturated heterocycles. The molecule has 0 saturated carbocycles. The van der Waals surface area contributed by atoms with Crippen LogP contribution in [0.2, 0.25) is 0 Å². The number of nitrogens with one attached hydrogen (secondary N) is 3. The Morgan fingerprint density at radius 3 is 2.77 bits per heavy atom. The van der Waals surface area contributed by atoms with E-state index < -0.39 is 17.2 Å². The van der Waals surface area contributed by atoms with Gasteiger partial charge >= 0.3 is 6.18 Å². The minimum absolute atomic E-state index is 0.0846. The molecule has 3 N–H and O–H groups in total. The molecular weight excluding hydrogens is 417 g/mol. The van der Waals surface area contributed by atoms with Crippen molar-refractivity contribution in [3.8, 4) is 5.75 Å². The highest BCUT2D eigenvalue weighted by molar-refractivity contribution is 8.14. The van der Waals surface area contributed by atoms with Crippen molar-refractivity contribution in [3.63, 3.8) is 0 Å². The van der Waals surface area contributed by atoms with Gasteiger partial charge in [0.05, 0.1) is 5.56 Å². The molecule has 1 atom stereocenters. The number of alkyl halides is 3. The summed E-state index contributed by atoms with van der Waals surface area (Å²) in [5.41, 5.74) is 4.61. The Balaban J connectivity index is 1.26. The average Bonchev–Trinajstić information content (AvgIpc) is 3.19. The lowest BCUT2D eigenvalue weighted by atomic mass is 9.98. The number of benzene rings is 2. The normalized spacial score (nSPS) is 18.2. The molecule has 0 aromatic heterocycles. The Hall–Kier alpha value is -2.72. The van der Waals surface area contributed by atoms with Gasteiger partial charge in [0.25, 0.3) is 5.91 Å². The molecule has 0 aliphatic carbocycles. The standard InChI is InChI=1S/C20H19F3N4O2S/c21-20(22,23)15-3-5-16(6-4-15)29-11-17-26-27-19(30-17)25-18(28)13-1-2-14-10-24-8-7-12(14)9-13/h1-6,9,19,24,27H,7-8,10-11H2,(H,25,28). The molecule has 158 valence electrons. The van der Waals surface area contributed by atoms with Crippen LogP contribution >= 0.6 is 11.8 Å². The molecule has 1 amide bonds. The molecule has 2 aliphatic heterocycles. The van der Waals surface area contributed by atoms with Crippen molar-refractivity contribution in [3.05, 3.63) is 64.7 Å². The number of halogens is 3.